The highest BCUT2D eigenvalue weighted by molar-refractivity contribution is 5.71. The van der Waals surface area contributed by atoms with Gasteiger partial charge in [0, 0.05) is 19.3 Å². The summed E-state index contributed by atoms with van der Waals surface area (Å²) in [6.45, 7) is 6.66. The van der Waals surface area contributed by atoms with Gasteiger partial charge < -0.3 is 14.2 Å². The van der Waals surface area contributed by atoms with E-state index in [9.17, 15) is 14.4 Å². The molecule has 0 aromatic carbocycles. The summed E-state index contributed by atoms with van der Waals surface area (Å²) in [4.78, 5) is 38.1. The summed E-state index contributed by atoms with van der Waals surface area (Å²) in [5, 5.41) is 0. The van der Waals surface area contributed by atoms with Crippen molar-refractivity contribution >= 4 is 17.9 Å². The number of rotatable bonds is 60. The summed E-state index contributed by atoms with van der Waals surface area (Å²) in [6.07, 6.45) is 76.0. The number of hydrogen-bond acceptors (Lipinski definition) is 6. The molecule has 0 spiro atoms. The Morgan fingerprint density at radius 2 is 0.493 bits per heavy atom. The van der Waals surface area contributed by atoms with E-state index in [-0.39, 0.29) is 31.1 Å². The van der Waals surface area contributed by atoms with Crippen molar-refractivity contribution in [2.24, 2.45) is 0 Å². The molecule has 428 valence electrons. The second-order valence-corrected chi connectivity index (χ2v) is 22.0. The van der Waals surface area contributed by atoms with E-state index < -0.39 is 6.10 Å². The van der Waals surface area contributed by atoms with Crippen molar-refractivity contribution in [1.82, 2.24) is 0 Å². The zero-order valence-corrected chi connectivity index (χ0v) is 49.2. The molecule has 0 aromatic rings. The number of carbonyl (C=O) groups is 3. The third kappa shape index (κ3) is 60.4. The van der Waals surface area contributed by atoms with Gasteiger partial charge >= 0.3 is 17.9 Å². The quantitative estimate of drug-likeness (QED) is 0.0261. The number of allylic oxidation sites excluding steroid dienone is 6. The van der Waals surface area contributed by atoms with Gasteiger partial charge in [0.25, 0.3) is 0 Å². The van der Waals surface area contributed by atoms with Gasteiger partial charge in [-0.3, -0.25) is 14.4 Å². The minimum atomic E-state index is -0.767. The van der Waals surface area contributed by atoms with Crippen LogP contribution in [0.2, 0.25) is 0 Å². The lowest BCUT2D eigenvalue weighted by molar-refractivity contribution is -0.167. The van der Waals surface area contributed by atoms with Crippen molar-refractivity contribution in [3.8, 4) is 0 Å². The molecule has 0 heterocycles. The molecule has 0 bridgehead atoms. The van der Waals surface area contributed by atoms with Crippen LogP contribution in [0.25, 0.3) is 0 Å². The monoisotopic (exact) mass is 1020 g/mol. The van der Waals surface area contributed by atoms with E-state index in [1.807, 2.05) is 0 Å². The molecule has 0 amide bonds. The van der Waals surface area contributed by atoms with E-state index in [1.165, 1.54) is 244 Å². The van der Waals surface area contributed by atoms with Gasteiger partial charge in [-0.15, -0.1) is 0 Å². The average molecular weight is 1030 g/mol. The van der Waals surface area contributed by atoms with E-state index in [4.69, 9.17) is 14.2 Å². The second-order valence-electron chi connectivity index (χ2n) is 22.0. The van der Waals surface area contributed by atoms with E-state index in [0.717, 1.165) is 70.6 Å². The largest absolute Gasteiger partial charge is 0.462 e. The molecule has 0 rings (SSSR count). The number of esters is 3. The molecule has 0 fully saturated rings. The van der Waals surface area contributed by atoms with Crippen LogP contribution in [0.15, 0.2) is 36.5 Å². The van der Waals surface area contributed by atoms with Gasteiger partial charge in [0.2, 0.25) is 0 Å². The van der Waals surface area contributed by atoms with Crippen LogP contribution in [0.1, 0.15) is 355 Å². The van der Waals surface area contributed by atoms with Crippen molar-refractivity contribution in [1.29, 1.82) is 0 Å². The fraction of sp³-hybridized carbons (Fsp3) is 0.866. The van der Waals surface area contributed by atoms with Crippen molar-refractivity contribution < 1.29 is 28.6 Å². The summed E-state index contributed by atoms with van der Waals surface area (Å²) in [7, 11) is 0. The van der Waals surface area contributed by atoms with Crippen LogP contribution in [0, 0.1) is 0 Å². The van der Waals surface area contributed by atoms with Crippen molar-refractivity contribution in [3.05, 3.63) is 36.5 Å². The Bertz CT molecular complexity index is 1220. The normalized spacial score (nSPS) is 12.2. The molecular weight excluding hydrogens is 901 g/mol. The minimum Gasteiger partial charge on any atom is -0.462 e. The van der Waals surface area contributed by atoms with E-state index in [0.29, 0.717) is 19.3 Å². The molecule has 73 heavy (non-hydrogen) atoms. The van der Waals surface area contributed by atoms with Gasteiger partial charge in [-0.05, 0) is 57.8 Å². The van der Waals surface area contributed by atoms with Gasteiger partial charge in [-0.2, -0.15) is 0 Å². The number of ether oxygens (including phenoxy) is 3. The Hall–Kier alpha value is -2.37. The van der Waals surface area contributed by atoms with Crippen molar-refractivity contribution in [3.63, 3.8) is 0 Å². The van der Waals surface area contributed by atoms with Gasteiger partial charge in [0.15, 0.2) is 6.10 Å². The van der Waals surface area contributed by atoms with Crippen LogP contribution < -0.4 is 0 Å². The second kappa shape index (κ2) is 62.2. The molecule has 0 saturated heterocycles. The summed E-state index contributed by atoms with van der Waals surface area (Å²) < 4.78 is 16.9. The standard InChI is InChI=1S/C67H124O6/c1-4-7-10-13-16-19-21-23-25-27-29-31-32-33-34-35-36-37-39-40-42-44-46-48-51-54-57-60-66(69)72-63-64(62-71-65(68)59-56-53-50-18-15-12-9-6-3)73-67(70)61-58-55-52-49-47-45-43-41-38-30-28-26-24-22-20-17-14-11-8-5-2/h21,23,27,29,32-33,64H,4-20,22,24-26,28,30-31,34-63H2,1-3H3/b23-21-,29-27-,33-32-. The molecule has 0 N–H and O–H groups in total. The summed E-state index contributed by atoms with van der Waals surface area (Å²) >= 11 is 0. The first kappa shape index (κ1) is 70.6. The summed E-state index contributed by atoms with van der Waals surface area (Å²) in [6, 6.07) is 0. The zero-order chi connectivity index (χ0) is 52.9. The Morgan fingerprint density at radius 1 is 0.274 bits per heavy atom. The van der Waals surface area contributed by atoms with Crippen molar-refractivity contribution in [2.75, 3.05) is 13.2 Å². The Kier molecular flexibility index (Phi) is 60.2. The van der Waals surface area contributed by atoms with Gasteiger partial charge in [-0.25, -0.2) is 0 Å². The highest BCUT2D eigenvalue weighted by Crippen LogP contribution is 2.18. The molecule has 0 saturated carbocycles. The first-order valence-electron chi connectivity index (χ1n) is 32.5. The molecule has 0 radical (unpaired) electrons. The molecule has 6 heteroatoms. The number of hydrogen-bond donors (Lipinski definition) is 0. The SMILES string of the molecule is CCCCCCC/C=C\C/C=C\C/C=C\CCCCCCCCCCCCCCC(=O)OCC(COC(=O)CCCCCCCCCC)OC(=O)CCCCCCCCCCCCCCCCCCCCCC. The fourth-order valence-electron chi connectivity index (χ4n) is 9.75. The summed E-state index contributed by atoms with van der Waals surface area (Å²) in [5.74, 6) is -0.850. The van der Waals surface area contributed by atoms with E-state index in [2.05, 4.69) is 57.2 Å². The first-order valence-corrected chi connectivity index (χ1v) is 32.5. The third-order valence-corrected chi connectivity index (χ3v) is 14.6. The molecule has 0 aliphatic heterocycles. The van der Waals surface area contributed by atoms with Crippen LogP contribution in [-0.2, 0) is 28.6 Å². The van der Waals surface area contributed by atoms with Crippen molar-refractivity contribution in [2.45, 2.75) is 361 Å². The van der Waals surface area contributed by atoms with E-state index in [1.54, 1.807) is 0 Å². The maximum absolute atomic E-state index is 12.9. The molecule has 1 atom stereocenters. The maximum atomic E-state index is 12.9. The molecular formula is C67H124O6. The lowest BCUT2D eigenvalue weighted by atomic mass is 10.0. The molecule has 1 unspecified atom stereocenters. The zero-order valence-electron chi connectivity index (χ0n) is 49.2. The van der Waals surface area contributed by atoms with Crippen LogP contribution in [0.3, 0.4) is 0 Å². The molecule has 0 aliphatic rings. The smallest absolute Gasteiger partial charge is 0.306 e. The third-order valence-electron chi connectivity index (χ3n) is 14.6. The minimum absolute atomic E-state index is 0.0674. The van der Waals surface area contributed by atoms with Crippen LogP contribution in [-0.4, -0.2) is 37.2 Å². The predicted molar refractivity (Wildman–Crippen MR) is 316 cm³/mol. The molecule has 0 aliphatic carbocycles. The van der Waals surface area contributed by atoms with Crippen LogP contribution in [0.5, 0.6) is 0 Å². The maximum Gasteiger partial charge on any atom is 0.306 e. The lowest BCUT2D eigenvalue weighted by Crippen LogP contribution is -2.30. The highest BCUT2D eigenvalue weighted by atomic mass is 16.6. The molecule has 6 nitrogen and oxygen atoms in total. The van der Waals surface area contributed by atoms with E-state index >= 15 is 0 Å². The highest BCUT2D eigenvalue weighted by Gasteiger charge is 2.19. The lowest BCUT2D eigenvalue weighted by Gasteiger charge is -2.18. The van der Waals surface area contributed by atoms with Gasteiger partial charge in [0.1, 0.15) is 13.2 Å². The average Bonchev–Trinajstić information content (AvgIpc) is 3.39. The number of carbonyl (C=O) groups excluding carboxylic acids is 3. The fourth-order valence-corrected chi connectivity index (χ4v) is 9.75. The van der Waals surface area contributed by atoms with Crippen LogP contribution in [0.4, 0.5) is 0 Å². The number of unbranched alkanes of at least 4 members (excludes halogenated alkanes) is 43. The Morgan fingerprint density at radius 3 is 0.767 bits per heavy atom. The van der Waals surface area contributed by atoms with Gasteiger partial charge in [0.05, 0.1) is 0 Å². The van der Waals surface area contributed by atoms with Crippen LogP contribution >= 0.6 is 0 Å². The Labute approximate surface area is 455 Å². The predicted octanol–water partition coefficient (Wildman–Crippen LogP) is 22.0. The summed E-state index contributed by atoms with van der Waals surface area (Å²) in [5.41, 5.74) is 0. The Balaban J connectivity index is 4.12. The topological polar surface area (TPSA) is 78.9 Å². The molecule has 0 aromatic heterocycles. The first-order chi connectivity index (χ1) is 36.0. The van der Waals surface area contributed by atoms with Gasteiger partial charge in [-0.1, -0.05) is 314 Å².